The molecule has 0 saturated carbocycles. The Labute approximate surface area is 124 Å². The van der Waals surface area contributed by atoms with Crippen molar-refractivity contribution in [1.29, 1.82) is 0 Å². The summed E-state index contributed by atoms with van der Waals surface area (Å²) in [4.78, 5) is 26.0. The number of benzene rings is 1. The first-order valence-corrected chi connectivity index (χ1v) is 6.56. The molecule has 0 unspecified atom stereocenters. The Morgan fingerprint density at radius 2 is 2.18 bits per heavy atom. The maximum atomic E-state index is 13.1. The van der Waals surface area contributed by atoms with E-state index in [4.69, 9.17) is 5.11 Å². The van der Waals surface area contributed by atoms with Crippen LogP contribution in [0.15, 0.2) is 30.5 Å². The van der Waals surface area contributed by atoms with Gasteiger partial charge in [-0.1, -0.05) is 0 Å². The van der Waals surface area contributed by atoms with Crippen LogP contribution >= 0.6 is 0 Å². The SMILES string of the molecule is O=C(O)c1ccnc(NCCc2nc3ccc(F)cc3[nH]2)n1. The maximum absolute atomic E-state index is 13.1. The van der Waals surface area contributed by atoms with Gasteiger partial charge in [0.15, 0.2) is 5.69 Å². The molecule has 2 aromatic heterocycles. The van der Waals surface area contributed by atoms with Crippen molar-refractivity contribution in [2.75, 3.05) is 11.9 Å². The second-order valence-electron chi connectivity index (χ2n) is 4.59. The number of hydrogen-bond acceptors (Lipinski definition) is 5. The number of carboxylic acids is 1. The van der Waals surface area contributed by atoms with Crippen LogP contribution in [-0.2, 0) is 6.42 Å². The van der Waals surface area contributed by atoms with E-state index in [1.54, 1.807) is 6.07 Å². The molecule has 7 nitrogen and oxygen atoms in total. The number of aromatic carboxylic acids is 1. The zero-order valence-electron chi connectivity index (χ0n) is 11.4. The molecule has 22 heavy (non-hydrogen) atoms. The van der Waals surface area contributed by atoms with Crippen LogP contribution in [0.25, 0.3) is 11.0 Å². The number of H-pyrrole nitrogens is 1. The molecule has 0 aliphatic heterocycles. The van der Waals surface area contributed by atoms with E-state index in [0.29, 0.717) is 29.8 Å². The molecule has 8 heteroatoms. The van der Waals surface area contributed by atoms with Gasteiger partial charge in [-0.3, -0.25) is 0 Å². The summed E-state index contributed by atoms with van der Waals surface area (Å²) in [6.07, 6.45) is 1.92. The molecule has 0 bridgehead atoms. The molecule has 112 valence electrons. The zero-order valence-corrected chi connectivity index (χ0v) is 11.4. The molecular formula is C14H12FN5O2. The molecule has 0 aliphatic carbocycles. The summed E-state index contributed by atoms with van der Waals surface area (Å²) in [5, 5.41) is 11.8. The fourth-order valence-corrected chi connectivity index (χ4v) is 2.01. The lowest BCUT2D eigenvalue weighted by Gasteiger charge is -2.03. The molecule has 2 heterocycles. The van der Waals surface area contributed by atoms with Gasteiger partial charge in [-0.15, -0.1) is 0 Å². The smallest absolute Gasteiger partial charge is 0.354 e. The average Bonchev–Trinajstić information content (AvgIpc) is 2.89. The largest absolute Gasteiger partial charge is 0.477 e. The number of anilines is 1. The first-order chi connectivity index (χ1) is 10.6. The van der Waals surface area contributed by atoms with Gasteiger partial charge in [0.1, 0.15) is 11.6 Å². The maximum Gasteiger partial charge on any atom is 0.354 e. The number of rotatable bonds is 5. The normalized spacial score (nSPS) is 10.8. The summed E-state index contributed by atoms with van der Waals surface area (Å²) in [5.41, 5.74) is 1.26. The van der Waals surface area contributed by atoms with Gasteiger partial charge in [-0.25, -0.2) is 24.1 Å². The molecule has 3 rings (SSSR count). The number of hydrogen-bond donors (Lipinski definition) is 3. The molecule has 0 radical (unpaired) electrons. The van der Waals surface area contributed by atoms with Gasteiger partial charge in [0.05, 0.1) is 11.0 Å². The van der Waals surface area contributed by atoms with Gasteiger partial charge < -0.3 is 15.4 Å². The minimum absolute atomic E-state index is 0.0725. The monoisotopic (exact) mass is 301 g/mol. The lowest BCUT2D eigenvalue weighted by Crippen LogP contribution is -2.11. The summed E-state index contributed by atoms with van der Waals surface area (Å²) in [6.45, 7) is 0.464. The molecule has 0 saturated heterocycles. The van der Waals surface area contributed by atoms with Gasteiger partial charge in [-0.2, -0.15) is 0 Å². The Bertz CT molecular complexity index is 833. The van der Waals surface area contributed by atoms with Crippen molar-refractivity contribution in [2.24, 2.45) is 0 Å². The van der Waals surface area contributed by atoms with E-state index in [-0.39, 0.29) is 17.5 Å². The van der Waals surface area contributed by atoms with Crippen molar-refractivity contribution in [2.45, 2.75) is 6.42 Å². The van der Waals surface area contributed by atoms with Gasteiger partial charge >= 0.3 is 5.97 Å². The molecule has 3 aromatic rings. The molecule has 0 fully saturated rings. The summed E-state index contributed by atoms with van der Waals surface area (Å²) in [7, 11) is 0. The van der Waals surface area contributed by atoms with Gasteiger partial charge in [-0.05, 0) is 24.3 Å². The zero-order chi connectivity index (χ0) is 15.5. The fraction of sp³-hybridized carbons (Fsp3) is 0.143. The molecule has 0 amide bonds. The Balaban J connectivity index is 1.64. The molecule has 0 atom stereocenters. The van der Waals surface area contributed by atoms with E-state index in [1.807, 2.05) is 0 Å². The predicted octanol–water partition coefficient (Wildman–Crippen LogP) is 1.84. The Hall–Kier alpha value is -3.03. The van der Waals surface area contributed by atoms with E-state index in [1.165, 1.54) is 24.4 Å². The van der Waals surface area contributed by atoms with Crippen LogP contribution < -0.4 is 5.32 Å². The Kier molecular flexibility index (Phi) is 3.65. The van der Waals surface area contributed by atoms with Crippen molar-refractivity contribution in [3.63, 3.8) is 0 Å². The Morgan fingerprint density at radius 3 is 3.00 bits per heavy atom. The third-order valence-electron chi connectivity index (χ3n) is 3.01. The number of nitrogens with zero attached hydrogens (tertiary/aromatic N) is 3. The van der Waals surface area contributed by atoms with Gasteiger partial charge in [0.25, 0.3) is 0 Å². The van der Waals surface area contributed by atoms with Crippen molar-refractivity contribution in [3.8, 4) is 0 Å². The van der Waals surface area contributed by atoms with E-state index >= 15 is 0 Å². The quantitative estimate of drug-likeness (QED) is 0.664. The fourth-order valence-electron chi connectivity index (χ4n) is 2.01. The number of halogens is 1. The molecular weight excluding hydrogens is 289 g/mol. The molecule has 3 N–H and O–H groups in total. The second-order valence-corrected chi connectivity index (χ2v) is 4.59. The predicted molar refractivity (Wildman–Crippen MR) is 77.2 cm³/mol. The third kappa shape index (κ3) is 3.00. The van der Waals surface area contributed by atoms with Crippen LogP contribution in [0.3, 0.4) is 0 Å². The highest BCUT2D eigenvalue weighted by Crippen LogP contribution is 2.13. The van der Waals surface area contributed by atoms with E-state index in [9.17, 15) is 9.18 Å². The second kappa shape index (κ2) is 5.76. The standard InChI is InChI=1S/C14H12FN5O2/c15-8-1-2-9-11(7-8)19-12(18-9)4-6-17-14-16-5-3-10(20-14)13(21)22/h1-3,5,7H,4,6H2,(H,18,19)(H,21,22)(H,16,17,20). The van der Waals surface area contributed by atoms with Crippen molar-refractivity contribution < 1.29 is 14.3 Å². The molecule has 0 aliphatic rings. The topological polar surface area (TPSA) is 104 Å². The first-order valence-electron chi connectivity index (χ1n) is 6.56. The average molecular weight is 301 g/mol. The third-order valence-corrected chi connectivity index (χ3v) is 3.01. The highest BCUT2D eigenvalue weighted by atomic mass is 19.1. The number of fused-ring (bicyclic) bond motifs is 1. The van der Waals surface area contributed by atoms with Crippen molar-refractivity contribution in [3.05, 3.63) is 47.8 Å². The number of carbonyl (C=O) groups is 1. The van der Waals surface area contributed by atoms with Crippen LogP contribution in [-0.4, -0.2) is 37.6 Å². The van der Waals surface area contributed by atoms with Crippen LogP contribution in [0.5, 0.6) is 0 Å². The van der Waals surface area contributed by atoms with Crippen molar-refractivity contribution in [1.82, 2.24) is 19.9 Å². The summed E-state index contributed by atoms with van der Waals surface area (Å²) in [5.74, 6) is -0.492. The Morgan fingerprint density at radius 1 is 1.32 bits per heavy atom. The van der Waals surface area contributed by atoms with Gasteiger partial charge in [0, 0.05) is 19.2 Å². The summed E-state index contributed by atoms with van der Waals surface area (Å²) < 4.78 is 13.1. The van der Waals surface area contributed by atoms with E-state index in [0.717, 1.165) is 0 Å². The number of aromatic nitrogens is 4. The number of aromatic amines is 1. The molecule has 0 spiro atoms. The number of nitrogens with one attached hydrogen (secondary N) is 2. The lowest BCUT2D eigenvalue weighted by molar-refractivity contribution is 0.0690. The van der Waals surface area contributed by atoms with Crippen LogP contribution in [0.1, 0.15) is 16.3 Å². The van der Waals surface area contributed by atoms with Gasteiger partial charge in [0.2, 0.25) is 5.95 Å². The van der Waals surface area contributed by atoms with E-state index < -0.39 is 5.97 Å². The summed E-state index contributed by atoms with van der Waals surface area (Å²) >= 11 is 0. The minimum Gasteiger partial charge on any atom is -0.477 e. The van der Waals surface area contributed by atoms with Crippen LogP contribution in [0.2, 0.25) is 0 Å². The van der Waals surface area contributed by atoms with Crippen LogP contribution in [0.4, 0.5) is 10.3 Å². The summed E-state index contributed by atoms with van der Waals surface area (Å²) in [6, 6.07) is 5.67. The minimum atomic E-state index is -1.11. The van der Waals surface area contributed by atoms with Crippen molar-refractivity contribution >= 4 is 23.0 Å². The van der Waals surface area contributed by atoms with E-state index in [2.05, 4.69) is 25.3 Å². The van der Waals surface area contributed by atoms with Crippen LogP contribution in [0, 0.1) is 5.82 Å². The molecule has 1 aromatic carbocycles. The first kappa shape index (κ1) is 13.9. The number of carboxylic acid groups (broad SMARTS) is 1. The number of imidazole rings is 1. The lowest BCUT2D eigenvalue weighted by atomic mass is 10.3. The highest BCUT2D eigenvalue weighted by Gasteiger charge is 2.07. The highest BCUT2D eigenvalue weighted by molar-refractivity contribution is 5.85.